The topological polar surface area (TPSA) is 80.5 Å². The molecule has 1 aliphatic heterocycles. The number of hydrogen-bond donors (Lipinski definition) is 0. The largest absolute Gasteiger partial charge is 0.226 e. The molecule has 0 amide bonds. The second-order valence-corrected chi connectivity index (χ2v) is 2.60. The van der Waals surface area contributed by atoms with Gasteiger partial charge in [0.1, 0.15) is 5.69 Å². The Bertz CT molecular complexity index is 322. The Kier molecular flexibility index (Phi) is 1.04. The van der Waals surface area contributed by atoms with Crippen molar-refractivity contribution < 1.29 is 4.21 Å². The number of aromatic nitrogens is 3. The van der Waals surface area contributed by atoms with Gasteiger partial charge in [-0.2, -0.15) is 0 Å². The second-order valence-electron chi connectivity index (χ2n) is 1.56. The molecule has 0 bridgehead atoms. The molecule has 2 rings (SSSR count). The molecule has 0 spiro atoms. The van der Waals surface area contributed by atoms with Crippen molar-refractivity contribution in [2.45, 2.75) is 5.03 Å². The van der Waals surface area contributed by atoms with E-state index in [9.17, 15) is 4.21 Å². The highest BCUT2D eigenvalue weighted by Gasteiger charge is 2.17. The molecule has 0 N–H and O–H groups in total. The van der Waals surface area contributed by atoms with Crippen LogP contribution in [0.1, 0.15) is 0 Å². The fourth-order valence-corrected chi connectivity index (χ4v) is 1.18. The zero-order valence-corrected chi connectivity index (χ0v) is 5.45. The lowest BCUT2D eigenvalue weighted by atomic mass is 10.6. The first kappa shape index (κ1) is 5.54. The Hall–Kier alpha value is -1.24. The Morgan fingerprint density at radius 2 is 2.40 bits per heavy atom. The number of rotatable bonds is 0. The van der Waals surface area contributed by atoms with Gasteiger partial charge >= 0.3 is 0 Å². The Labute approximate surface area is 58.0 Å². The highest BCUT2D eigenvalue weighted by Crippen LogP contribution is 2.25. The molecular weight excluding hydrogens is 154 g/mol. The van der Waals surface area contributed by atoms with Gasteiger partial charge in [-0.3, -0.25) is 0 Å². The first-order valence-electron chi connectivity index (χ1n) is 2.40. The van der Waals surface area contributed by atoms with Crippen LogP contribution in [0.15, 0.2) is 20.9 Å². The third-order valence-electron chi connectivity index (χ3n) is 0.974. The molecule has 2 heterocycles. The van der Waals surface area contributed by atoms with Crippen molar-refractivity contribution in [3.05, 3.63) is 6.20 Å². The van der Waals surface area contributed by atoms with Gasteiger partial charge in [0.2, 0.25) is 16.0 Å². The van der Waals surface area contributed by atoms with Crippen LogP contribution in [0.4, 0.5) is 5.69 Å². The lowest BCUT2D eigenvalue weighted by molar-refractivity contribution is 0.678. The van der Waals surface area contributed by atoms with Crippen LogP contribution < -0.4 is 0 Å². The van der Waals surface area contributed by atoms with Crippen LogP contribution in [-0.4, -0.2) is 19.6 Å². The molecule has 0 saturated heterocycles. The number of hydrogen-bond acceptors (Lipinski definition) is 5. The zero-order chi connectivity index (χ0) is 6.97. The van der Waals surface area contributed by atoms with E-state index in [4.69, 9.17) is 0 Å². The molecular formula is C3HN5OS. The molecule has 10 heavy (non-hydrogen) atoms. The van der Waals surface area contributed by atoms with E-state index in [1.807, 2.05) is 0 Å². The number of nitrogens with zero attached hydrogens (tertiary/aromatic N) is 5. The average Bonchev–Trinajstić information content (AvgIpc) is 2.34. The third-order valence-corrected chi connectivity index (χ3v) is 1.83. The third kappa shape index (κ3) is 0.637. The van der Waals surface area contributed by atoms with Crippen LogP contribution in [-0.2, 0) is 11.0 Å². The SMILES string of the molecule is O=S1N=Nc2cnnnc21. The normalized spacial score (nSPS) is 21.0. The molecule has 7 heteroatoms. The summed E-state index contributed by atoms with van der Waals surface area (Å²) in [6, 6.07) is 0. The predicted octanol–water partition coefficient (Wildman–Crippen LogP) is -0.00850. The maximum absolute atomic E-state index is 10.8. The van der Waals surface area contributed by atoms with Crippen molar-refractivity contribution in [2.24, 2.45) is 9.63 Å². The van der Waals surface area contributed by atoms with Gasteiger partial charge in [0.25, 0.3) is 0 Å². The van der Waals surface area contributed by atoms with Gasteiger partial charge in [-0.1, -0.05) is 4.52 Å². The van der Waals surface area contributed by atoms with Crippen molar-refractivity contribution in [3.8, 4) is 0 Å². The van der Waals surface area contributed by atoms with Crippen molar-refractivity contribution in [1.82, 2.24) is 15.4 Å². The first-order chi connectivity index (χ1) is 4.88. The lowest BCUT2D eigenvalue weighted by Crippen LogP contribution is -1.91. The monoisotopic (exact) mass is 155 g/mol. The van der Waals surface area contributed by atoms with Crippen molar-refractivity contribution in [1.29, 1.82) is 0 Å². The van der Waals surface area contributed by atoms with E-state index in [0.717, 1.165) is 0 Å². The van der Waals surface area contributed by atoms with Crippen LogP contribution in [0.3, 0.4) is 0 Å². The van der Waals surface area contributed by atoms with Gasteiger partial charge < -0.3 is 0 Å². The van der Waals surface area contributed by atoms with E-state index in [0.29, 0.717) is 5.69 Å². The van der Waals surface area contributed by atoms with Gasteiger partial charge in [-0.05, 0) is 5.21 Å². The molecule has 0 fully saturated rings. The maximum atomic E-state index is 10.8. The van der Waals surface area contributed by atoms with E-state index in [-0.39, 0.29) is 5.03 Å². The van der Waals surface area contributed by atoms with E-state index < -0.39 is 11.0 Å². The van der Waals surface area contributed by atoms with Crippen molar-refractivity contribution in [2.75, 3.05) is 0 Å². The average molecular weight is 155 g/mol. The molecule has 6 nitrogen and oxygen atoms in total. The highest BCUT2D eigenvalue weighted by molar-refractivity contribution is 7.83. The first-order valence-corrected chi connectivity index (χ1v) is 3.50. The minimum Gasteiger partial charge on any atom is -0.226 e. The quantitative estimate of drug-likeness (QED) is 0.527. The molecule has 1 unspecified atom stereocenters. The van der Waals surface area contributed by atoms with Crippen LogP contribution >= 0.6 is 0 Å². The van der Waals surface area contributed by atoms with Gasteiger partial charge in [0.05, 0.1) is 6.20 Å². The summed E-state index contributed by atoms with van der Waals surface area (Å²) in [7, 11) is -1.45. The highest BCUT2D eigenvalue weighted by atomic mass is 32.2. The van der Waals surface area contributed by atoms with Crippen LogP contribution in [0, 0.1) is 0 Å². The molecule has 0 saturated carbocycles. The summed E-state index contributed by atoms with van der Waals surface area (Å²) in [5.74, 6) is 0. The Balaban J connectivity index is 2.70. The predicted molar refractivity (Wildman–Crippen MR) is 30.8 cm³/mol. The fourth-order valence-electron chi connectivity index (χ4n) is 0.566. The minimum atomic E-state index is -1.45. The Morgan fingerprint density at radius 1 is 1.50 bits per heavy atom. The van der Waals surface area contributed by atoms with Gasteiger partial charge in [-0.25, -0.2) is 4.21 Å². The zero-order valence-electron chi connectivity index (χ0n) is 4.63. The molecule has 0 radical (unpaired) electrons. The standard InChI is InChI=1S/C3HN5OS/c9-10-3-2(5-8-10)1-4-7-6-3/h1H. The van der Waals surface area contributed by atoms with Gasteiger partial charge in [0, 0.05) is 0 Å². The number of fused-ring (bicyclic) bond motifs is 1. The van der Waals surface area contributed by atoms with E-state index in [1.165, 1.54) is 6.20 Å². The summed E-state index contributed by atoms with van der Waals surface area (Å²) in [6.45, 7) is 0. The fraction of sp³-hybridized carbons (Fsp3) is 0. The van der Waals surface area contributed by atoms with Gasteiger partial charge in [-0.15, -0.1) is 15.3 Å². The molecule has 1 aromatic rings. The van der Waals surface area contributed by atoms with Crippen LogP contribution in [0.2, 0.25) is 0 Å². The summed E-state index contributed by atoms with van der Waals surface area (Å²) in [6.07, 6.45) is 1.37. The van der Waals surface area contributed by atoms with Crippen molar-refractivity contribution in [3.63, 3.8) is 0 Å². The minimum absolute atomic E-state index is 0.287. The summed E-state index contributed by atoms with van der Waals surface area (Å²) in [5.41, 5.74) is 0.438. The van der Waals surface area contributed by atoms with Crippen molar-refractivity contribution >= 4 is 16.7 Å². The van der Waals surface area contributed by atoms with Crippen LogP contribution in [0.5, 0.6) is 0 Å². The van der Waals surface area contributed by atoms with Crippen LogP contribution in [0.25, 0.3) is 0 Å². The summed E-state index contributed by atoms with van der Waals surface area (Å²) in [4.78, 5) is 0. The van der Waals surface area contributed by atoms with Gasteiger partial charge in [0.15, 0.2) is 0 Å². The Morgan fingerprint density at radius 3 is 3.20 bits per heavy atom. The molecule has 1 aliphatic rings. The lowest BCUT2D eigenvalue weighted by Gasteiger charge is -1.84. The van der Waals surface area contributed by atoms with E-state index in [1.54, 1.807) is 0 Å². The summed E-state index contributed by atoms with van der Waals surface area (Å²) < 4.78 is 14.1. The summed E-state index contributed by atoms with van der Waals surface area (Å²) in [5, 5.41) is 14.1. The molecule has 1 aromatic heterocycles. The molecule has 1 atom stereocenters. The molecule has 50 valence electrons. The summed E-state index contributed by atoms with van der Waals surface area (Å²) >= 11 is 0. The molecule has 0 aromatic carbocycles. The molecule has 0 aliphatic carbocycles. The van der Waals surface area contributed by atoms with E-state index >= 15 is 0 Å². The maximum Gasteiger partial charge on any atom is 0.215 e. The second kappa shape index (κ2) is 1.87. The van der Waals surface area contributed by atoms with E-state index in [2.05, 4.69) is 25.0 Å². The smallest absolute Gasteiger partial charge is 0.215 e.